The summed E-state index contributed by atoms with van der Waals surface area (Å²) in [6, 6.07) is 10.5. The first kappa shape index (κ1) is 16.7. The SMILES string of the molecule is CC(NC(C)c1cccc(Cl)c1)C(=O)Nc1ccc(Cl)cn1. The summed E-state index contributed by atoms with van der Waals surface area (Å²) in [5, 5.41) is 7.17. The average Bonchev–Trinajstić information content (AvgIpc) is 2.49. The number of anilines is 1. The van der Waals surface area contributed by atoms with Gasteiger partial charge in [-0.1, -0.05) is 35.3 Å². The molecule has 0 aliphatic rings. The molecular formula is C16H17Cl2N3O. The molecule has 6 heteroatoms. The van der Waals surface area contributed by atoms with Crippen molar-refractivity contribution >= 4 is 34.9 Å². The molecular weight excluding hydrogens is 321 g/mol. The Balaban J connectivity index is 1.94. The Hall–Kier alpha value is -1.62. The Morgan fingerprint density at radius 2 is 1.91 bits per heavy atom. The number of carbonyl (C=O) groups excluding carboxylic acids is 1. The number of halogens is 2. The van der Waals surface area contributed by atoms with Crippen LogP contribution in [0.3, 0.4) is 0 Å². The molecule has 0 bridgehead atoms. The fraction of sp³-hybridized carbons (Fsp3) is 0.250. The highest BCUT2D eigenvalue weighted by Crippen LogP contribution is 2.18. The molecule has 2 rings (SSSR count). The van der Waals surface area contributed by atoms with Crippen molar-refractivity contribution in [1.82, 2.24) is 10.3 Å². The molecule has 2 atom stereocenters. The molecule has 0 spiro atoms. The van der Waals surface area contributed by atoms with E-state index in [1.807, 2.05) is 31.2 Å². The number of carbonyl (C=O) groups is 1. The third-order valence-electron chi connectivity index (χ3n) is 3.22. The van der Waals surface area contributed by atoms with Gasteiger partial charge in [0.25, 0.3) is 0 Å². The number of aromatic nitrogens is 1. The van der Waals surface area contributed by atoms with E-state index in [4.69, 9.17) is 23.2 Å². The fourth-order valence-corrected chi connectivity index (χ4v) is 2.32. The lowest BCUT2D eigenvalue weighted by Crippen LogP contribution is -2.39. The number of hydrogen-bond donors (Lipinski definition) is 2. The van der Waals surface area contributed by atoms with Crippen molar-refractivity contribution in [1.29, 1.82) is 0 Å². The molecule has 1 aromatic carbocycles. The van der Waals surface area contributed by atoms with Crippen LogP contribution in [0.1, 0.15) is 25.5 Å². The maximum atomic E-state index is 12.2. The highest BCUT2D eigenvalue weighted by molar-refractivity contribution is 6.30. The topological polar surface area (TPSA) is 54.0 Å². The minimum absolute atomic E-state index is 0.00220. The summed E-state index contributed by atoms with van der Waals surface area (Å²) >= 11 is 11.7. The molecule has 0 radical (unpaired) electrons. The number of benzene rings is 1. The van der Waals surface area contributed by atoms with E-state index in [1.54, 1.807) is 19.1 Å². The predicted molar refractivity (Wildman–Crippen MR) is 90.3 cm³/mol. The van der Waals surface area contributed by atoms with Gasteiger partial charge in [-0.15, -0.1) is 0 Å². The van der Waals surface area contributed by atoms with Crippen molar-refractivity contribution in [3.05, 3.63) is 58.2 Å². The molecule has 0 aliphatic heterocycles. The van der Waals surface area contributed by atoms with E-state index in [0.717, 1.165) is 5.56 Å². The van der Waals surface area contributed by atoms with Crippen molar-refractivity contribution in [3.63, 3.8) is 0 Å². The van der Waals surface area contributed by atoms with Crippen LogP contribution < -0.4 is 10.6 Å². The van der Waals surface area contributed by atoms with Crippen LogP contribution >= 0.6 is 23.2 Å². The number of hydrogen-bond acceptors (Lipinski definition) is 3. The van der Waals surface area contributed by atoms with Crippen LogP contribution in [0.15, 0.2) is 42.6 Å². The first-order chi connectivity index (χ1) is 10.5. The Labute approximate surface area is 139 Å². The van der Waals surface area contributed by atoms with Crippen LogP contribution in [0.4, 0.5) is 5.82 Å². The summed E-state index contributed by atoms with van der Waals surface area (Å²) in [5.74, 6) is 0.308. The lowest BCUT2D eigenvalue weighted by molar-refractivity contribution is -0.118. The largest absolute Gasteiger partial charge is 0.309 e. The van der Waals surface area contributed by atoms with Crippen LogP contribution in [0, 0.1) is 0 Å². The van der Waals surface area contributed by atoms with Crippen LogP contribution in [-0.4, -0.2) is 16.9 Å². The van der Waals surface area contributed by atoms with Gasteiger partial charge >= 0.3 is 0 Å². The molecule has 116 valence electrons. The highest BCUT2D eigenvalue weighted by Gasteiger charge is 2.16. The fourth-order valence-electron chi connectivity index (χ4n) is 2.01. The van der Waals surface area contributed by atoms with E-state index in [0.29, 0.717) is 15.9 Å². The minimum atomic E-state index is -0.383. The van der Waals surface area contributed by atoms with Gasteiger partial charge in [0.1, 0.15) is 5.82 Å². The quantitative estimate of drug-likeness (QED) is 0.864. The second kappa shape index (κ2) is 7.58. The van der Waals surface area contributed by atoms with E-state index in [-0.39, 0.29) is 18.0 Å². The summed E-state index contributed by atoms with van der Waals surface area (Å²) in [7, 11) is 0. The molecule has 0 fully saturated rings. The molecule has 22 heavy (non-hydrogen) atoms. The third kappa shape index (κ3) is 4.70. The number of nitrogens with one attached hydrogen (secondary N) is 2. The van der Waals surface area contributed by atoms with E-state index < -0.39 is 0 Å². The molecule has 0 saturated heterocycles. The van der Waals surface area contributed by atoms with Gasteiger partial charge in [0.05, 0.1) is 11.1 Å². The molecule has 4 nitrogen and oxygen atoms in total. The zero-order valence-corrected chi connectivity index (χ0v) is 13.8. The molecule has 2 N–H and O–H groups in total. The lowest BCUT2D eigenvalue weighted by Gasteiger charge is -2.20. The Kier molecular flexibility index (Phi) is 5.77. The summed E-state index contributed by atoms with van der Waals surface area (Å²) in [6.07, 6.45) is 1.49. The molecule has 0 aliphatic carbocycles. The van der Waals surface area contributed by atoms with Gasteiger partial charge in [0.15, 0.2) is 0 Å². The summed E-state index contributed by atoms with van der Waals surface area (Å²) in [6.45, 7) is 3.78. The van der Waals surface area contributed by atoms with Crippen LogP contribution in [0.25, 0.3) is 0 Å². The number of rotatable bonds is 5. The minimum Gasteiger partial charge on any atom is -0.309 e. The van der Waals surface area contributed by atoms with E-state index in [1.165, 1.54) is 6.20 Å². The van der Waals surface area contributed by atoms with Crippen molar-refractivity contribution < 1.29 is 4.79 Å². The third-order valence-corrected chi connectivity index (χ3v) is 3.68. The maximum Gasteiger partial charge on any atom is 0.242 e. The van der Waals surface area contributed by atoms with Gasteiger partial charge in [-0.25, -0.2) is 4.98 Å². The smallest absolute Gasteiger partial charge is 0.242 e. The van der Waals surface area contributed by atoms with Crippen molar-refractivity contribution in [2.24, 2.45) is 0 Å². The Morgan fingerprint density at radius 3 is 2.55 bits per heavy atom. The Bertz CT molecular complexity index is 646. The van der Waals surface area contributed by atoms with Crippen LogP contribution in [-0.2, 0) is 4.79 Å². The lowest BCUT2D eigenvalue weighted by atomic mass is 10.1. The van der Waals surface area contributed by atoms with E-state index in [2.05, 4.69) is 15.6 Å². The maximum absolute atomic E-state index is 12.2. The van der Waals surface area contributed by atoms with Gasteiger partial charge in [0, 0.05) is 17.3 Å². The van der Waals surface area contributed by atoms with Gasteiger partial charge in [-0.3, -0.25) is 10.1 Å². The second-order valence-corrected chi connectivity index (χ2v) is 5.89. The van der Waals surface area contributed by atoms with Crippen molar-refractivity contribution in [3.8, 4) is 0 Å². The van der Waals surface area contributed by atoms with Gasteiger partial charge in [-0.05, 0) is 43.7 Å². The number of pyridine rings is 1. The predicted octanol–water partition coefficient (Wildman–Crippen LogP) is 4.07. The van der Waals surface area contributed by atoms with Crippen LogP contribution in [0.5, 0.6) is 0 Å². The standard InChI is InChI=1S/C16H17Cl2N3O/c1-10(12-4-3-5-13(17)8-12)20-11(2)16(22)21-15-7-6-14(18)9-19-15/h3-11,20H,1-2H3,(H,19,21,22). The first-order valence-corrected chi connectivity index (χ1v) is 7.65. The molecule has 1 aromatic heterocycles. The van der Waals surface area contributed by atoms with Crippen molar-refractivity contribution in [2.75, 3.05) is 5.32 Å². The average molecular weight is 338 g/mol. The molecule has 2 aromatic rings. The molecule has 0 saturated carbocycles. The van der Waals surface area contributed by atoms with Gasteiger partial charge in [0.2, 0.25) is 5.91 Å². The van der Waals surface area contributed by atoms with Crippen molar-refractivity contribution in [2.45, 2.75) is 25.9 Å². The van der Waals surface area contributed by atoms with Gasteiger partial charge in [-0.2, -0.15) is 0 Å². The number of amides is 1. The molecule has 1 heterocycles. The molecule has 2 unspecified atom stereocenters. The zero-order valence-electron chi connectivity index (χ0n) is 12.3. The normalized spacial score (nSPS) is 13.5. The van der Waals surface area contributed by atoms with Gasteiger partial charge < -0.3 is 5.32 Å². The first-order valence-electron chi connectivity index (χ1n) is 6.89. The van der Waals surface area contributed by atoms with Crippen LogP contribution in [0.2, 0.25) is 10.0 Å². The second-order valence-electron chi connectivity index (χ2n) is 5.02. The summed E-state index contributed by atoms with van der Waals surface area (Å²) in [5.41, 5.74) is 1.02. The zero-order chi connectivity index (χ0) is 16.1. The molecule has 1 amide bonds. The Morgan fingerprint density at radius 1 is 1.14 bits per heavy atom. The summed E-state index contributed by atoms with van der Waals surface area (Å²) in [4.78, 5) is 16.2. The van der Waals surface area contributed by atoms with E-state index in [9.17, 15) is 4.79 Å². The van der Waals surface area contributed by atoms with E-state index >= 15 is 0 Å². The number of nitrogens with zero attached hydrogens (tertiary/aromatic N) is 1. The highest BCUT2D eigenvalue weighted by atomic mass is 35.5. The summed E-state index contributed by atoms with van der Waals surface area (Å²) < 4.78 is 0. The monoisotopic (exact) mass is 337 g/mol.